The lowest BCUT2D eigenvalue weighted by molar-refractivity contribution is 0.0637. The van der Waals surface area contributed by atoms with Crippen molar-refractivity contribution in [1.82, 2.24) is 15.0 Å². The van der Waals surface area contributed by atoms with Gasteiger partial charge in [0.05, 0.1) is 6.10 Å². The topological polar surface area (TPSA) is 103 Å². The van der Waals surface area contributed by atoms with E-state index in [0.29, 0.717) is 30.7 Å². The largest absolute Gasteiger partial charge is 0.393 e. The van der Waals surface area contributed by atoms with Crippen LogP contribution in [0.25, 0.3) is 0 Å². The Bertz CT molecular complexity index is 709. The van der Waals surface area contributed by atoms with Gasteiger partial charge in [-0.25, -0.2) is 0 Å². The number of nitrogens with one attached hydrogen (secondary N) is 1. The molecule has 0 aliphatic carbocycles. The molecular weight excluding hydrogens is 390 g/mol. The minimum absolute atomic E-state index is 0.150. The van der Waals surface area contributed by atoms with E-state index in [1.165, 1.54) is 0 Å². The monoisotopic (exact) mass is 433 g/mol. The molecule has 8 heteroatoms. The average molecular weight is 434 g/mol. The molecule has 2 fully saturated rings. The molecule has 2 aliphatic heterocycles. The first-order valence-corrected chi connectivity index (χ1v) is 11.6. The highest BCUT2D eigenvalue weighted by atomic mass is 16.3. The van der Waals surface area contributed by atoms with Crippen LogP contribution in [0.15, 0.2) is 0 Å². The number of piperidine rings is 2. The van der Waals surface area contributed by atoms with Gasteiger partial charge >= 0.3 is 0 Å². The smallest absolute Gasteiger partial charge is 0.232 e. The summed E-state index contributed by atoms with van der Waals surface area (Å²) < 4.78 is 0. The molecule has 3 rings (SSSR count). The van der Waals surface area contributed by atoms with Crippen molar-refractivity contribution in [3.63, 3.8) is 0 Å². The first kappa shape index (κ1) is 24.0. The molecule has 0 spiro atoms. The molecule has 0 aromatic carbocycles. The predicted molar refractivity (Wildman–Crippen MR) is 128 cm³/mol. The fourth-order valence-electron chi connectivity index (χ4n) is 6.46. The van der Waals surface area contributed by atoms with Gasteiger partial charge in [0.25, 0.3) is 0 Å². The Kier molecular flexibility index (Phi) is 5.98. The molecule has 31 heavy (non-hydrogen) atoms. The second kappa shape index (κ2) is 7.73. The molecule has 0 unspecified atom stereocenters. The quantitative estimate of drug-likeness (QED) is 0.664. The normalized spacial score (nSPS) is 25.5. The number of rotatable bonds is 4. The molecule has 176 valence electrons. The summed E-state index contributed by atoms with van der Waals surface area (Å²) in [7, 11) is 0. The van der Waals surface area contributed by atoms with E-state index in [1.54, 1.807) is 0 Å². The van der Waals surface area contributed by atoms with Gasteiger partial charge in [-0.2, -0.15) is 15.0 Å². The highest BCUT2D eigenvalue weighted by molar-refractivity contribution is 5.52. The maximum Gasteiger partial charge on any atom is 0.232 e. The van der Waals surface area contributed by atoms with Gasteiger partial charge in [0.2, 0.25) is 17.8 Å². The number of hydrogen-bond acceptors (Lipinski definition) is 8. The molecular formula is C23H43N7O. The van der Waals surface area contributed by atoms with E-state index >= 15 is 0 Å². The summed E-state index contributed by atoms with van der Waals surface area (Å²) in [6.45, 7) is 20.3. The molecule has 0 amide bonds. The zero-order valence-corrected chi connectivity index (χ0v) is 21.0. The van der Waals surface area contributed by atoms with Crippen molar-refractivity contribution in [3.05, 3.63) is 0 Å². The highest BCUT2D eigenvalue weighted by Gasteiger charge is 2.49. The lowest BCUT2D eigenvalue weighted by Gasteiger charge is -2.56. The minimum atomic E-state index is -0.336. The molecule has 2 aliphatic rings. The van der Waals surface area contributed by atoms with E-state index in [1.807, 2.05) is 6.92 Å². The fourth-order valence-corrected chi connectivity index (χ4v) is 6.46. The summed E-state index contributed by atoms with van der Waals surface area (Å²) in [4.78, 5) is 19.3. The first-order chi connectivity index (χ1) is 14.1. The number of aliphatic hydroxyl groups is 1. The van der Waals surface area contributed by atoms with Gasteiger partial charge in [0, 0.05) is 34.7 Å². The molecule has 4 N–H and O–H groups in total. The number of nitrogens with two attached hydrogens (primary N) is 1. The summed E-state index contributed by atoms with van der Waals surface area (Å²) in [6.07, 6.45) is 2.76. The van der Waals surface area contributed by atoms with Gasteiger partial charge in [0.1, 0.15) is 0 Å². The second-order valence-electron chi connectivity index (χ2n) is 11.9. The van der Waals surface area contributed by atoms with E-state index < -0.39 is 0 Å². The fraction of sp³-hybridized carbons (Fsp3) is 0.870. The van der Waals surface area contributed by atoms with Crippen molar-refractivity contribution in [3.8, 4) is 0 Å². The molecule has 1 aromatic heterocycles. The number of aromatic nitrogens is 3. The molecule has 3 heterocycles. The summed E-state index contributed by atoms with van der Waals surface area (Å²) in [6, 6.07) is 0.150. The van der Waals surface area contributed by atoms with Gasteiger partial charge in [-0.3, -0.25) is 0 Å². The van der Waals surface area contributed by atoms with E-state index in [4.69, 9.17) is 20.7 Å². The van der Waals surface area contributed by atoms with Gasteiger partial charge < -0.3 is 26.0 Å². The van der Waals surface area contributed by atoms with Crippen molar-refractivity contribution in [1.29, 1.82) is 0 Å². The minimum Gasteiger partial charge on any atom is -0.393 e. The summed E-state index contributed by atoms with van der Waals surface area (Å²) in [5.74, 6) is 1.92. The molecule has 1 aromatic rings. The third-order valence-electron chi connectivity index (χ3n) is 6.76. The molecule has 2 saturated heterocycles. The van der Waals surface area contributed by atoms with Crippen LogP contribution < -0.4 is 20.9 Å². The Morgan fingerprint density at radius 2 is 1.19 bits per heavy atom. The maximum atomic E-state index is 10.5. The SMILES string of the molecule is CCNc1nc(N2C(C)(C)CC(N)CC2(C)C)nc(N2C(C)(C)CC(O)CC2(C)C)n1. The molecule has 0 atom stereocenters. The van der Waals surface area contributed by atoms with Crippen LogP contribution in [0.1, 0.15) is 88.0 Å². The van der Waals surface area contributed by atoms with Crippen LogP contribution in [0.5, 0.6) is 0 Å². The number of hydrogen-bond donors (Lipinski definition) is 3. The van der Waals surface area contributed by atoms with E-state index in [-0.39, 0.29) is 34.3 Å². The third-order valence-corrected chi connectivity index (χ3v) is 6.76. The van der Waals surface area contributed by atoms with Gasteiger partial charge in [-0.05, 0) is 88.0 Å². The van der Waals surface area contributed by atoms with Crippen molar-refractivity contribution in [2.24, 2.45) is 5.73 Å². The molecule has 0 bridgehead atoms. The maximum absolute atomic E-state index is 10.5. The zero-order valence-electron chi connectivity index (χ0n) is 21.0. The Morgan fingerprint density at radius 1 is 0.806 bits per heavy atom. The van der Waals surface area contributed by atoms with Crippen molar-refractivity contribution in [2.75, 3.05) is 21.7 Å². The molecule has 0 radical (unpaired) electrons. The average Bonchev–Trinajstić information content (AvgIpc) is 2.48. The molecule has 0 saturated carbocycles. The van der Waals surface area contributed by atoms with Gasteiger partial charge in [-0.1, -0.05) is 0 Å². The summed E-state index contributed by atoms with van der Waals surface area (Å²) >= 11 is 0. The van der Waals surface area contributed by atoms with Gasteiger partial charge in [-0.15, -0.1) is 0 Å². The van der Waals surface area contributed by atoms with Crippen LogP contribution in [-0.2, 0) is 0 Å². The van der Waals surface area contributed by atoms with E-state index in [9.17, 15) is 5.11 Å². The predicted octanol–water partition coefficient (Wildman–Crippen LogP) is 3.31. The first-order valence-electron chi connectivity index (χ1n) is 11.6. The Labute approximate surface area is 188 Å². The van der Waals surface area contributed by atoms with Crippen molar-refractivity contribution >= 4 is 17.8 Å². The highest BCUT2D eigenvalue weighted by Crippen LogP contribution is 2.44. The summed E-state index contributed by atoms with van der Waals surface area (Å²) in [5.41, 5.74) is 5.45. The van der Waals surface area contributed by atoms with Crippen LogP contribution in [0, 0.1) is 0 Å². The van der Waals surface area contributed by atoms with Crippen LogP contribution in [0.3, 0.4) is 0 Å². The number of anilines is 3. The number of aliphatic hydroxyl groups excluding tert-OH is 1. The zero-order chi connectivity index (χ0) is 23.4. The Hall–Kier alpha value is -1.67. The third kappa shape index (κ3) is 4.60. The van der Waals surface area contributed by atoms with Crippen LogP contribution >= 0.6 is 0 Å². The van der Waals surface area contributed by atoms with E-state index in [0.717, 1.165) is 19.4 Å². The van der Waals surface area contributed by atoms with E-state index in [2.05, 4.69) is 70.5 Å². The molecule has 8 nitrogen and oxygen atoms in total. The van der Waals surface area contributed by atoms with Crippen LogP contribution in [0.2, 0.25) is 0 Å². The Morgan fingerprint density at radius 3 is 1.58 bits per heavy atom. The lowest BCUT2D eigenvalue weighted by atomic mass is 9.77. The second-order valence-corrected chi connectivity index (χ2v) is 11.9. The van der Waals surface area contributed by atoms with Gasteiger partial charge in [0.15, 0.2) is 0 Å². The van der Waals surface area contributed by atoms with Crippen LogP contribution in [0.4, 0.5) is 17.8 Å². The van der Waals surface area contributed by atoms with Crippen molar-refractivity contribution < 1.29 is 5.11 Å². The van der Waals surface area contributed by atoms with Crippen LogP contribution in [-0.4, -0.2) is 60.9 Å². The Balaban J connectivity index is 2.16. The van der Waals surface area contributed by atoms with Crippen molar-refractivity contribution in [2.45, 2.75) is 122 Å². The lowest BCUT2D eigenvalue weighted by Crippen LogP contribution is -2.65. The standard InChI is InChI=1S/C23H43N7O/c1-10-25-17-26-18(29-20(2,3)11-15(24)12-21(29,4)5)28-19(27-17)30-22(6,7)13-16(31)14-23(30,8)9/h15-16,31H,10-14,24H2,1-9H3,(H,25,26,27,28). The number of nitrogens with zero attached hydrogens (tertiary/aromatic N) is 5. The summed E-state index contributed by atoms with van der Waals surface area (Å²) in [5, 5.41) is 13.8.